The molecule has 3 rings (SSSR count). The van der Waals surface area contributed by atoms with Gasteiger partial charge in [0.05, 0.1) is 12.6 Å². The molecule has 8 nitrogen and oxygen atoms in total. The average molecular weight is 357 g/mol. The van der Waals surface area contributed by atoms with Gasteiger partial charge < -0.3 is 19.5 Å². The van der Waals surface area contributed by atoms with Crippen molar-refractivity contribution in [1.82, 2.24) is 25.0 Å². The summed E-state index contributed by atoms with van der Waals surface area (Å²) < 4.78 is 7.51. The molecular weight excluding hydrogens is 334 g/mol. The normalized spacial score (nSPS) is 20.1. The van der Waals surface area contributed by atoms with Crippen LogP contribution in [0.3, 0.4) is 0 Å². The first-order valence-electron chi connectivity index (χ1n) is 8.56. The molecule has 0 radical (unpaired) electrons. The molecule has 0 unspecified atom stereocenters. The number of ether oxygens (including phenoxy) is 1. The minimum atomic E-state index is -0.782. The Morgan fingerprint density at radius 2 is 2.12 bits per heavy atom. The molecule has 138 valence electrons. The van der Waals surface area contributed by atoms with Gasteiger partial charge in [0.1, 0.15) is 12.9 Å². The van der Waals surface area contributed by atoms with Gasteiger partial charge in [-0.3, -0.25) is 9.59 Å². The first-order chi connectivity index (χ1) is 12.5. The smallest absolute Gasteiger partial charge is 0.254 e. The number of hydrogen-bond donors (Lipinski definition) is 1. The maximum atomic E-state index is 13.0. The summed E-state index contributed by atoms with van der Waals surface area (Å²) in [5.74, 6) is 0.259. The number of benzene rings is 1. The SMILES string of the molecule is CC(C)n1cnnc1CN(C)C(=O)[C@H]1OCC(=O)N[C@@H]1c1ccccc1. The Morgan fingerprint density at radius 3 is 2.81 bits per heavy atom. The van der Waals surface area contributed by atoms with Crippen LogP contribution in [0.15, 0.2) is 36.7 Å². The zero-order chi connectivity index (χ0) is 18.7. The first kappa shape index (κ1) is 18.1. The van der Waals surface area contributed by atoms with Gasteiger partial charge in [0.25, 0.3) is 5.91 Å². The van der Waals surface area contributed by atoms with Crippen LogP contribution in [0.4, 0.5) is 0 Å². The van der Waals surface area contributed by atoms with Gasteiger partial charge in [-0.25, -0.2) is 0 Å². The summed E-state index contributed by atoms with van der Waals surface area (Å²) in [6.07, 6.45) is 0.873. The zero-order valence-corrected chi connectivity index (χ0v) is 15.1. The number of nitrogens with zero attached hydrogens (tertiary/aromatic N) is 4. The Labute approximate surface area is 152 Å². The number of nitrogens with one attached hydrogen (secondary N) is 1. The van der Waals surface area contributed by atoms with Crippen LogP contribution in [-0.4, -0.2) is 51.2 Å². The molecule has 1 aromatic heterocycles. The van der Waals surface area contributed by atoms with Crippen molar-refractivity contribution in [1.29, 1.82) is 0 Å². The van der Waals surface area contributed by atoms with Crippen molar-refractivity contribution in [2.45, 2.75) is 38.6 Å². The minimum Gasteiger partial charge on any atom is -0.356 e. The number of amides is 2. The lowest BCUT2D eigenvalue weighted by atomic mass is 9.99. The third-order valence-electron chi connectivity index (χ3n) is 4.37. The Morgan fingerprint density at radius 1 is 1.38 bits per heavy atom. The third kappa shape index (κ3) is 3.75. The van der Waals surface area contributed by atoms with Crippen LogP contribution in [0.1, 0.15) is 37.3 Å². The Bertz CT molecular complexity index is 774. The van der Waals surface area contributed by atoms with E-state index in [1.807, 2.05) is 48.7 Å². The first-order valence-corrected chi connectivity index (χ1v) is 8.56. The van der Waals surface area contributed by atoms with Crippen LogP contribution in [0.2, 0.25) is 0 Å². The summed E-state index contributed by atoms with van der Waals surface area (Å²) >= 11 is 0. The fourth-order valence-corrected chi connectivity index (χ4v) is 3.00. The lowest BCUT2D eigenvalue weighted by molar-refractivity contribution is -0.154. The van der Waals surface area contributed by atoms with Crippen LogP contribution < -0.4 is 5.32 Å². The quantitative estimate of drug-likeness (QED) is 0.865. The fourth-order valence-electron chi connectivity index (χ4n) is 3.00. The molecule has 1 aliphatic heterocycles. The molecular formula is C18H23N5O3. The highest BCUT2D eigenvalue weighted by atomic mass is 16.5. The lowest BCUT2D eigenvalue weighted by Crippen LogP contribution is -2.52. The van der Waals surface area contributed by atoms with Crippen molar-refractivity contribution < 1.29 is 14.3 Å². The second-order valence-corrected chi connectivity index (χ2v) is 6.63. The molecule has 0 spiro atoms. The second kappa shape index (κ2) is 7.65. The van der Waals surface area contributed by atoms with Crippen LogP contribution >= 0.6 is 0 Å². The van der Waals surface area contributed by atoms with Gasteiger partial charge in [-0.15, -0.1) is 10.2 Å². The molecule has 26 heavy (non-hydrogen) atoms. The number of carbonyl (C=O) groups excluding carboxylic acids is 2. The summed E-state index contributed by atoms with van der Waals surface area (Å²) in [6, 6.07) is 9.04. The fraction of sp³-hybridized carbons (Fsp3) is 0.444. The molecule has 0 saturated carbocycles. The molecule has 1 saturated heterocycles. The van der Waals surface area contributed by atoms with Crippen molar-refractivity contribution in [2.24, 2.45) is 0 Å². The lowest BCUT2D eigenvalue weighted by Gasteiger charge is -2.34. The van der Waals surface area contributed by atoms with Crippen molar-refractivity contribution >= 4 is 11.8 Å². The molecule has 2 atom stereocenters. The van der Waals surface area contributed by atoms with Crippen LogP contribution in [0, 0.1) is 0 Å². The molecule has 8 heteroatoms. The maximum absolute atomic E-state index is 13.0. The molecule has 1 aliphatic rings. The van der Waals surface area contributed by atoms with Gasteiger partial charge in [-0.05, 0) is 19.4 Å². The van der Waals surface area contributed by atoms with Crippen molar-refractivity contribution in [3.63, 3.8) is 0 Å². The van der Waals surface area contributed by atoms with Crippen molar-refractivity contribution in [3.05, 3.63) is 48.0 Å². The van der Waals surface area contributed by atoms with Gasteiger partial charge >= 0.3 is 0 Å². The second-order valence-electron chi connectivity index (χ2n) is 6.63. The van der Waals surface area contributed by atoms with Crippen molar-refractivity contribution in [3.8, 4) is 0 Å². The molecule has 0 aliphatic carbocycles. The van der Waals surface area contributed by atoms with E-state index in [9.17, 15) is 9.59 Å². The van der Waals surface area contributed by atoms with E-state index >= 15 is 0 Å². The zero-order valence-electron chi connectivity index (χ0n) is 15.1. The number of rotatable bonds is 5. The molecule has 2 aromatic rings. The Hall–Kier alpha value is -2.74. The standard InChI is InChI=1S/C18H23N5O3/c1-12(2)23-11-19-21-14(23)9-22(3)18(25)17-16(20-15(24)10-26-17)13-7-5-4-6-8-13/h4-8,11-12,16-17H,9-10H2,1-3H3,(H,20,24)/t16-,17+/m1/s1. The summed E-state index contributed by atoms with van der Waals surface area (Å²) in [6.45, 7) is 4.24. The van der Waals surface area contributed by atoms with Crippen LogP contribution in [0.25, 0.3) is 0 Å². The predicted octanol–water partition coefficient (Wildman–Crippen LogP) is 1.07. The highest BCUT2D eigenvalue weighted by Gasteiger charge is 2.37. The van der Waals surface area contributed by atoms with Gasteiger partial charge in [0, 0.05) is 13.1 Å². The van der Waals surface area contributed by atoms with Gasteiger partial charge in [-0.2, -0.15) is 0 Å². The number of likely N-dealkylation sites (N-methyl/N-ethyl adjacent to an activating group) is 1. The van der Waals surface area contributed by atoms with E-state index in [0.29, 0.717) is 12.4 Å². The number of hydrogen-bond acceptors (Lipinski definition) is 5. The van der Waals surface area contributed by atoms with Gasteiger partial charge in [0.2, 0.25) is 5.91 Å². The van der Waals surface area contributed by atoms with E-state index in [2.05, 4.69) is 15.5 Å². The molecule has 1 fully saturated rings. The van der Waals surface area contributed by atoms with E-state index in [1.54, 1.807) is 18.3 Å². The monoisotopic (exact) mass is 357 g/mol. The van der Waals surface area contributed by atoms with E-state index in [4.69, 9.17) is 4.74 Å². The van der Waals surface area contributed by atoms with Gasteiger partial charge in [-0.1, -0.05) is 30.3 Å². The number of aromatic nitrogens is 3. The Balaban J connectivity index is 1.78. The van der Waals surface area contributed by atoms with Crippen LogP contribution in [-0.2, 0) is 20.9 Å². The molecule has 1 aromatic carbocycles. The van der Waals surface area contributed by atoms with Crippen molar-refractivity contribution in [2.75, 3.05) is 13.7 Å². The molecule has 2 heterocycles. The summed E-state index contributed by atoms with van der Waals surface area (Å²) in [5, 5.41) is 10.9. The maximum Gasteiger partial charge on any atom is 0.254 e. The molecule has 0 bridgehead atoms. The summed E-state index contributed by atoms with van der Waals surface area (Å²) in [4.78, 5) is 26.3. The topological polar surface area (TPSA) is 89.3 Å². The summed E-state index contributed by atoms with van der Waals surface area (Å²) in [5.41, 5.74) is 0.831. The highest BCUT2D eigenvalue weighted by molar-refractivity contribution is 5.86. The third-order valence-corrected chi connectivity index (χ3v) is 4.37. The number of carbonyl (C=O) groups is 2. The predicted molar refractivity (Wildman–Crippen MR) is 93.9 cm³/mol. The van der Waals surface area contributed by atoms with E-state index in [-0.39, 0.29) is 24.5 Å². The minimum absolute atomic E-state index is 0.129. The van der Waals surface area contributed by atoms with E-state index < -0.39 is 12.1 Å². The summed E-state index contributed by atoms with van der Waals surface area (Å²) in [7, 11) is 1.70. The number of morpholine rings is 1. The van der Waals surface area contributed by atoms with Crippen LogP contribution in [0.5, 0.6) is 0 Å². The average Bonchev–Trinajstić information content (AvgIpc) is 3.10. The van der Waals surface area contributed by atoms with E-state index in [0.717, 1.165) is 5.56 Å². The molecule has 1 N–H and O–H groups in total. The largest absolute Gasteiger partial charge is 0.356 e. The van der Waals surface area contributed by atoms with E-state index in [1.165, 1.54) is 0 Å². The highest BCUT2D eigenvalue weighted by Crippen LogP contribution is 2.24. The Kier molecular flexibility index (Phi) is 5.32. The molecule has 2 amide bonds. The van der Waals surface area contributed by atoms with Gasteiger partial charge in [0.15, 0.2) is 11.9 Å².